The van der Waals surface area contributed by atoms with Gasteiger partial charge in [0.2, 0.25) is 0 Å². The molecule has 0 aliphatic carbocycles. The summed E-state index contributed by atoms with van der Waals surface area (Å²) in [6.45, 7) is 0.938. The number of ether oxygens (including phenoxy) is 1. The van der Waals surface area contributed by atoms with E-state index in [0.717, 1.165) is 0 Å². The Hall–Kier alpha value is -3.03. The molecule has 0 spiro atoms. The van der Waals surface area contributed by atoms with Gasteiger partial charge >= 0.3 is 6.61 Å². The maximum atomic E-state index is 12.4. The number of hydrogen-bond acceptors (Lipinski definition) is 5. The van der Waals surface area contributed by atoms with Crippen molar-refractivity contribution in [1.29, 1.82) is 0 Å². The van der Waals surface area contributed by atoms with E-state index >= 15 is 0 Å². The Balaban J connectivity index is 0.00000100. The van der Waals surface area contributed by atoms with Gasteiger partial charge in [0.1, 0.15) is 5.58 Å². The van der Waals surface area contributed by atoms with Gasteiger partial charge in [-0.2, -0.15) is 8.78 Å². The molecule has 24 heavy (non-hydrogen) atoms. The van der Waals surface area contributed by atoms with Crippen LogP contribution >= 0.6 is 0 Å². The number of non-ortho nitro benzene ring substituents is 1. The third-order valence-electron chi connectivity index (χ3n) is 3.15. The number of furan rings is 1. The van der Waals surface area contributed by atoms with Crippen molar-refractivity contribution >= 4 is 33.9 Å². The van der Waals surface area contributed by atoms with Crippen LogP contribution in [-0.2, 0) is 0 Å². The molecule has 0 atom stereocenters. The minimum absolute atomic E-state index is 0.0552. The Kier molecular flexibility index (Phi) is 5.08. The number of carbonyl (C=O) groups excluding carboxylic acids is 1. The predicted octanol–water partition coefficient (Wildman–Crippen LogP) is 4.93. The first-order chi connectivity index (χ1) is 11.5. The zero-order valence-corrected chi connectivity index (χ0v) is 12.8. The molecule has 0 aliphatic rings. The molecule has 0 N–H and O–H groups in total. The van der Waals surface area contributed by atoms with Gasteiger partial charge in [-0.3, -0.25) is 14.9 Å². The number of alkyl halides is 2. The van der Waals surface area contributed by atoms with E-state index in [-0.39, 0.29) is 38.9 Å². The second-order valence-electron chi connectivity index (χ2n) is 4.39. The van der Waals surface area contributed by atoms with Gasteiger partial charge in [-0.25, -0.2) is 0 Å². The van der Waals surface area contributed by atoms with Crippen molar-refractivity contribution in [2.75, 3.05) is 0 Å². The third kappa shape index (κ3) is 3.03. The first kappa shape index (κ1) is 17.3. The molecule has 3 rings (SSSR count). The van der Waals surface area contributed by atoms with Crippen LogP contribution in [0.15, 0.2) is 34.7 Å². The molecule has 126 valence electrons. The minimum Gasteiger partial charge on any atom is -0.452 e. The van der Waals surface area contributed by atoms with Crippen LogP contribution in [-0.4, -0.2) is 17.8 Å². The number of fused-ring (bicyclic) bond motifs is 3. The van der Waals surface area contributed by atoms with Gasteiger partial charge in [0, 0.05) is 28.5 Å². The Labute approximate surface area is 134 Å². The molecule has 0 aliphatic heterocycles. The van der Waals surface area contributed by atoms with Crippen molar-refractivity contribution in [2.45, 2.75) is 20.5 Å². The van der Waals surface area contributed by atoms with E-state index in [1.54, 1.807) is 0 Å². The summed E-state index contributed by atoms with van der Waals surface area (Å²) in [5.74, 6) is -0.241. The van der Waals surface area contributed by atoms with Gasteiger partial charge in [0.15, 0.2) is 17.6 Å². The summed E-state index contributed by atoms with van der Waals surface area (Å²) in [4.78, 5) is 21.4. The number of benzene rings is 2. The highest BCUT2D eigenvalue weighted by atomic mass is 19.3. The molecule has 2 aromatic carbocycles. The lowest BCUT2D eigenvalue weighted by atomic mass is 10.1. The molecule has 1 heterocycles. The van der Waals surface area contributed by atoms with Crippen LogP contribution < -0.4 is 4.74 Å². The molecule has 0 amide bonds. The number of halogens is 2. The fraction of sp³-hybridized carbons (Fsp3) is 0.188. The fourth-order valence-electron chi connectivity index (χ4n) is 2.27. The van der Waals surface area contributed by atoms with Gasteiger partial charge in [-0.1, -0.05) is 13.8 Å². The normalized spacial score (nSPS) is 10.5. The van der Waals surface area contributed by atoms with Crippen molar-refractivity contribution < 1.29 is 27.7 Å². The van der Waals surface area contributed by atoms with E-state index in [1.807, 2.05) is 13.8 Å². The zero-order chi connectivity index (χ0) is 17.9. The molecule has 1 aromatic heterocycles. The molecule has 0 radical (unpaired) electrons. The number of nitro groups is 1. The molecule has 0 fully saturated rings. The highest BCUT2D eigenvalue weighted by molar-refractivity contribution is 6.14. The number of aldehydes is 1. The van der Waals surface area contributed by atoms with Crippen molar-refractivity contribution in [3.05, 3.63) is 46.0 Å². The van der Waals surface area contributed by atoms with Crippen LogP contribution in [0.3, 0.4) is 0 Å². The zero-order valence-electron chi connectivity index (χ0n) is 12.8. The molecular formula is C16H13F2NO5. The van der Waals surface area contributed by atoms with Crippen molar-refractivity contribution in [3.63, 3.8) is 0 Å². The van der Waals surface area contributed by atoms with E-state index in [2.05, 4.69) is 4.74 Å². The largest absolute Gasteiger partial charge is 0.452 e. The average Bonchev–Trinajstić information content (AvgIpc) is 2.96. The van der Waals surface area contributed by atoms with E-state index in [1.165, 1.54) is 30.3 Å². The summed E-state index contributed by atoms with van der Waals surface area (Å²) >= 11 is 0. The van der Waals surface area contributed by atoms with Gasteiger partial charge in [-0.15, -0.1) is 0 Å². The summed E-state index contributed by atoms with van der Waals surface area (Å²) in [5.41, 5.74) is 0.137. The number of nitrogens with zero attached hydrogens (tertiary/aromatic N) is 1. The van der Waals surface area contributed by atoms with Gasteiger partial charge in [0.25, 0.3) is 5.69 Å². The van der Waals surface area contributed by atoms with Crippen LogP contribution in [0.4, 0.5) is 14.5 Å². The summed E-state index contributed by atoms with van der Waals surface area (Å²) in [5, 5.41) is 11.3. The topological polar surface area (TPSA) is 82.6 Å². The minimum atomic E-state index is -3.06. The van der Waals surface area contributed by atoms with Crippen LogP contribution in [0.2, 0.25) is 0 Å². The molecular weight excluding hydrogens is 324 g/mol. The van der Waals surface area contributed by atoms with Crippen molar-refractivity contribution in [1.82, 2.24) is 0 Å². The van der Waals surface area contributed by atoms with Crippen LogP contribution in [0.5, 0.6) is 5.75 Å². The average molecular weight is 337 g/mol. The van der Waals surface area contributed by atoms with Gasteiger partial charge < -0.3 is 9.15 Å². The van der Waals surface area contributed by atoms with Crippen molar-refractivity contribution in [3.8, 4) is 5.75 Å². The second kappa shape index (κ2) is 7.03. The maximum absolute atomic E-state index is 12.4. The lowest BCUT2D eigenvalue weighted by molar-refractivity contribution is -0.384. The third-order valence-corrected chi connectivity index (χ3v) is 3.15. The van der Waals surface area contributed by atoms with Crippen LogP contribution in [0, 0.1) is 10.1 Å². The smallest absolute Gasteiger partial charge is 0.387 e. The SMILES string of the molecule is CC.O=Cc1ccc(OC(F)F)c2oc3ccc([N+](=O)[O-])cc3c12. The molecule has 0 saturated carbocycles. The van der Waals surface area contributed by atoms with E-state index in [9.17, 15) is 23.7 Å². The predicted molar refractivity (Wildman–Crippen MR) is 83.7 cm³/mol. The number of carbonyl (C=O) groups is 1. The summed E-state index contributed by atoms with van der Waals surface area (Å²) in [7, 11) is 0. The quantitative estimate of drug-likeness (QED) is 0.383. The van der Waals surface area contributed by atoms with E-state index in [0.29, 0.717) is 6.29 Å². The Morgan fingerprint density at radius 1 is 1.25 bits per heavy atom. The first-order valence-electron chi connectivity index (χ1n) is 7.05. The molecule has 3 aromatic rings. The molecule has 0 unspecified atom stereocenters. The molecule has 0 saturated heterocycles. The number of hydrogen-bond donors (Lipinski definition) is 0. The first-order valence-corrected chi connectivity index (χ1v) is 7.05. The summed E-state index contributed by atoms with van der Waals surface area (Å²) in [6, 6.07) is 6.27. The standard InChI is InChI=1S/C14H7F2NO5.C2H6/c15-14(16)22-11-3-1-7(6-18)12-9-5-8(17(19)20)2-4-10(9)21-13(11)12;1-2/h1-6,14H;1-2H3. The molecule has 8 heteroatoms. The second-order valence-corrected chi connectivity index (χ2v) is 4.39. The number of nitro benzene ring substituents is 1. The highest BCUT2D eigenvalue weighted by Gasteiger charge is 2.19. The molecule has 0 bridgehead atoms. The number of rotatable bonds is 4. The van der Waals surface area contributed by atoms with Crippen molar-refractivity contribution in [2.24, 2.45) is 0 Å². The van der Waals surface area contributed by atoms with Crippen LogP contribution in [0.25, 0.3) is 21.9 Å². The lowest BCUT2D eigenvalue weighted by Crippen LogP contribution is -2.02. The lowest BCUT2D eigenvalue weighted by Gasteiger charge is -2.05. The van der Waals surface area contributed by atoms with E-state index in [4.69, 9.17) is 4.42 Å². The maximum Gasteiger partial charge on any atom is 0.387 e. The summed E-state index contributed by atoms with van der Waals surface area (Å²) in [6.07, 6.45) is 0.516. The Bertz CT molecular complexity index is 904. The van der Waals surface area contributed by atoms with Gasteiger partial charge in [-0.05, 0) is 18.2 Å². The fourth-order valence-corrected chi connectivity index (χ4v) is 2.27. The molecule has 6 nitrogen and oxygen atoms in total. The highest BCUT2D eigenvalue weighted by Crippen LogP contribution is 2.38. The van der Waals surface area contributed by atoms with E-state index < -0.39 is 11.5 Å². The Morgan fingerprint density at radius 3 is 2.54 bits per heavy atom. The van der Waals surface area contributed by atoms with Gasteiger partial charge in [0.05, 0.1) is 4.92 Å². The summed E-state index contributed by atoms with van der Waals surface area (Å²) < 4.78 is 34.6. The monoisotopic (exact) mass is 337 g/mol. The Morgan fingerprint density at radius 2 is 1.96 bits per heavy atom. The van der Waals surface area contributed by atoms with Crippen LogP contribution in [0.1, 0.15) is 24.2 Å².